The number of pyridine rings is 1. The third-order valence-electron chi connectivity index (χ3n) is 4.75. The molecule has 0 radical (unpaired) electrons. The maximum absolute atomic E-state index is 5.44. The average Bonchev–Trinajstić information content (AvgIpc) is 3.04. The summed E-state index contributed by atoms with van der Waals surface area (Å²) in [6, 6.07) is 12.4. The van der Waals surface area contributed by atoms with Gasteiger partial charge in [-0.15, -0.1) is 0 Å². The molecule has 1 N–H and O–H groups in total. The molecule has 0 atom stereocenters. The average molecular weight is 366 g/mol. The molecule has 1 aromatic carbocycles. The fourth-order valence-electron chi connectivity index (χ4n) is 3.20. The summed E-state index contributed by atoms with van der Waals surface area (Å²) in [6.45, 7) is 6.79. The van der Waals surface area contributed by atoms with Crippen molar-refractivity contribution in [1.29, 1.82) is 0 Å². The number of nitrogens with zero attached hydrogens (tertiary/aromatic N) is 5. The number of aromatic nitrogens is 4. The largest absolute Gasteiger partial charge is 0.369 e. The Morgan fingerprint density at radius 3 is 2.38 bits per heavy atom. The van der Waals surface area contributed by atoms with Crippen molar-refractivity contribution in [3.63, 3.8) is 0 Å². The maximum Gasteiger partial charge on any atom is 0.217 e. The SMILES string of the molecule is Cc1ccc(-c2nc(=S)n(CN3CCN(c4ccncc4)CC3)[nH]2)cc1. The fourth-order valence-corrected chi connectivity index (χ4v) is 3.39. The first-order chi connectivity index (χ1) is 12.7. The molecule has 1 saturated heterocycles. The lowest BCUT2D eigenvalue weighted by molar-refractivity contribution is 0.194. The van der Waals surface area contributed by atoms with E-state index in [9.17, 15) is 0 Å². The molecule has 0 aliphatic carbocycles. The smallest absolute Gasteiger partial charge is 0.217 e. The third kappa shape index (κ3) is 3.68. The number of hydrogen-bond acceptors (Lipinski definition) is 5. The summed E-state index contributed by atoms with van der Waals surface area (Å²) in [4.78, 5) is 13.4. The second-order valence-electron chi connectivity index (χ2n) is 6.60. The molecule has 134 valence electrons. The van der Waals surface area contributed by atoms with Gasteiger partial charge < -0.3 is 4.90 Å². The Morgan fingerprint density at radius 2 is 1.69 bits per heavy atom. The van der Waals surface area contributed by atoms with Crippen LogP contribution < -0.4 is 4.90 Å². The second kappa shape index (κ2) is 7.39. The zero-order valence-corrected chi connectivity index (χ0v) is 15.6. The van der Waals surface area contributed by atoms with E-state index in [4.69, 9.17) is 12.2 Å². The molecule has 0 amide bonds. The van der Waals surface area contributed by atoms with Crippen molar-refractivity contribution in [2.45, 2.75) is 13.6 Å². The van der Waals surface area contributed by atoms with E-state index in [2.05, 4.69) is 68.2 Å². The van der Waals surface area contributed by atoms with Gasteiger partial charge in [0.2, 0.25) is 4.77 Å². The summed E-state index contributed by atoms with van der Waals surface area (Å²) in [5.41, 5.74) is 3.53. The molecule has 26 heavy (non-hydrogen) atoms. The van der Waals surface area contributed by atoms with Crippen molar-refractivity contribution >= 4 is 17.9 Å². The van der Waals surface area contributed by atoms with Crippen molar-refractivity contribution in [3.05, 3.63) is 59.1 Å². The fraction of sp³-hybridized carbons (Fsp3) is 0.316. The van der Waals surface area contributed by atoms with Crippen molar-refractivity contribution in [2.24, 2.45) is 0 Å². The number of benzene rings is 1. The highest BCUT2D eigenvalue weighted by molar-refractivity contribution is 7.71. The molecule has 0 unspecified atom stereocenters. The Labute approximate surface area is 158 Å². The lowest BCUT2D eigenvalue weighted by Gasteiger charge is -2.35. The molecular weight excluding hydrogens is 344 g/mol. The summed E-state index contributed by atoms with van der Waals surface area (Å²) in [6.07, 6.45) is 3.69. The van der Waals surface area contributed by atoms with Crippen LogP contribution in [0.2, 0.25) is 0 Å². The van der Waals surface area contributed by atoms with Gasteiger partial charge in [0.25, 0.3) is 0 Å². The van der Waals surface area contributed by atoms with Gasteiger partial charge in [0.15, 0.2) is 5.82 Å². The van der Waals surface area contributed by atoms with E-state index in [0.29, 0.717) is 4.77 Å². The molecule has 1 fully saturated rings. The highest BCUT2D eigenvalue weighted by atomic mass is 32.1. The van der Waals surface area contributed by atoms with Crippen molar-refractivity contribution in [3.8, 4) is 11.4 Å². The van der Waals surface area contributed by atoms with Crippen LogP contribution in [0.25, 0.3) is 11.4 Å². The molecule has 3 aromatic rings. The topological polar surface area (TPSA) is 53.0 Å². The van der Waals surface area contributed by atoms with Crippen molar-refractivity contribution in [2.75, 3.05) is 31.1 Å². The van der Waals surface area contributed by atoms with Crippen LogP contribution in [0, 0.1) is 11.7 Å². The van der Waals surface area contributed by atoms with E-state index >= 15 is 0 Å². The molecule has 0 saturated carbocycles. The number of hydrogen-bond donors (Lipinski definition) is 1. The number of rotatable bonds is 4. The number of H-pyrrole nitrogens is 1. The lowest BCUT2D eigenvalue weighted by atomic mass is 10.1. The van der Waals surface area contributed by atoms with Crippen LogP contribution in [0.3, 0.4) is 0 Å². The monoisotopic (exact) mass is 366 g/mol. The predicted octanol–water partition coefficient (Wildman–Crippen LogP) is 3.09. The maximum atomic E-state index is 5.44. The minimum absolute atomic E-state index is 0.595. The molecule has 7 heteroatoms. The van der Waals surface area contributed by atoms with Gasteiger partial charge in [0, 0.05) is 49.8 Å². The van der Waals surface area contributed by atoms with Crippen LogP contribution in [-0.4, -0.2) is 50.8 Å². The molecule has 6 nitrogen and oxygen atoms in total. The number of anilines is 1. The Bertz CT molecular complexity index is 907. The molecule has 2 aromatic heterocycles. The van der Waals surface area contributed by atoms with E-state index in [1.807, 2.05) is 17.1 Å². The van der Waals surface area contributed by atoms with E-state index in [0.717, 1.165) is 44.2 Å². The van der Waals surface area contributed by atoms with E-state index < -0.39 is 0 Å². The second-order valence-corrected chi connectivity index (χ2v) is 6.97. The summed E-state index contributed by atoms with van der Waals surface area (Å²) < 4.78 is 2.55. The van der Waals surface area contributed by atoms with Crippen LogP contribution in [0.1, 0.15) is 5.56 Å². The first-order valence-electron chi connectivity index (χ1n) is 8.80. The van der Waals surface area contributed by atoms with Crippen LogP contribution in [0.5, 0.6) is 0 Å². The number of piperazine rings is 1. The van der Waals surface area contributed by atoms with Gasteiger partial charge in [0.1, 0.15) is 0 Å². The lowest BCUT2D eigenvalue weighted by Crippen LogP contribution is -2.46. The van der Waals surface area contributed by atoms with E-state index in [-0.39, 0.29) is 0 Å². The first kappa shape index (κ1) is 16.9. The molecule has 3 heterocycles. The minimum Gasteiger partial charge on any atom is -0.369 e. The highest BCUT2D eigenvalue weighted by Gasteiger charge is 2.18. The Kier molecular flexibility index (Phi) is 4.81. The number of aryl methyl sites for hydroxylation is 1. The van der Waals surface area contributed by atoms with E-state index in [1.54, 1.807) is 0 Å². The summed E-state index contributed by atoms with van der Waals surface area (Å²) in [5, 5.41) is 3.35. The number of nitrogens with one attached hydrogen (secondary N) is 1. The molecule has 0 bridgehead atoms. The molecule has 1 aliphatic heterocycles. The predicted molar refractivity (Wildman–Crippen MR) is 106 cm³/mol. The zero-order valence-electron chi connectivity index (χ0n) is 14.8. The molecule has 1 aliphatic rings. The highest BCUT2D eigenvalue weighted by Crippen LogP contribution is 2.17. The van der Waals surface area contributed by atoms with Gasteiger partial charge in [-0.2, -0.15) is 4.98 Å². The van der Waals surface area contributed by atoms with Crippen LogP contribution in [0.15, 0.2) is 48.8 Å². The van der Waals surface area contributed by atoms with Crippen LogP contribution in [-0.2, 0) is 6.67 Å². The Hall–Kier alpha value is -2.51. The van der Waals surface area contributed by atoms with Gasteiger partial charge in [-0.05, 0) is 31.3 Å². The van der Waals surface area contributed by atoms with E-state index in [1.165, 1.54) is 11.3 Å². The quantitative estimate of drug-likeness (QED) is 0.719. The van der Waals surface area contributed by atoms with Gasteiger partial charge >= 0.3 is 0 Å². The zero-order chi connectivity index (χ0) is 17.9. The van der Waals surface area contributed by atoms with Crippen molar-refractivity contribution in [1.82, 2.24) is 24.6 Å². The van der Waals surface area contributed by atoms with Crippen LogP contribution in [0.4, 0.5) is 5.69 Å². The normalized spacial score (nSPS) is 15.3. The Morgan fingerprint density at radius 1 is 1.00 bits per heavy atom. The summed E-state index contributed by atoms with van der Waals surface area (Å²) in [7, 11) is 0. The summed E-state index contributed by atoms with van der Waals surface area (Å²) >= 11 is 5.44. The molecule has 0 spiro atoms. The standard InChI is InChI=1S/C19H22N6S/c1-15-2-4-16(5-3-15)18-21-19(26)25(22-18)14-23-10-12-24(13-11-23)17-6-8-20-9-7-17/h2-9H,10-14H2,1H3,(H,21,22,26). The van der Waals surface area contributed by atoms with Gasteiger partial charge in [-0.3, -0.25) is 15.0 Å². The summed E-state index contributed by atoms with van der Waals surface area (Å²) in [5.74, 6) is 0.824. The third-order valence-corrected chi connectivity index (χ3v) is 5.06. The molecule has 4 rings (SSSR count). The van der Waals surface area contributed by atoms with Gasteiger partial charge in [-0.1, -0.05) is 29.8 Å². The van der Waals surface area contributed by atoms with Gasteiger partial charge in [0.05, 0.1) is 6.67 Å². The number of aromatic amines is 1. The minimum atomic E-state index is 0.595. The van der Waals surface area contributed by atoms with Gasteiger partial charge in [-0.25, -0.2) is 4.68 Å². The molecular formula is C19H22N6S. The first-order valence-corrected chi connectivity index (χ1v) is 9.21. The van der Waals surface area contributed by atoms with Crippen LogP contribution >= 0.6 is 12.2 Å². The van der Waals surface area contributed by atoms with Crippen molar-refractivity contribution < 1.29 is 0 Å². The Balaban J connectivity index is 1.41.